The van der Waals surface area contributed by atoms with Gasteiger partial charge in [-0.3, -0.25) is 4.79 Å². The summed E-state index contributed by atoms with van der Waals surface area (Å²) in [6.45, 7) is 1.49. The number of rotatable bonds is 5. The highest BCUT2D eigenvalue weighted by Gasteiger charge is 2.28. The molecule has 0 saturated carbocycles. The van der Waals surface area contributed by atoms with Crippen LogP contribution in [0.5, 0.6) is 0 Å². The number of hydrogen-bond acceptors (Lipinski definition) is 5. The average molecular weight is 297 g/mol. The predicted molar refractivity (Wildman–Crippen MR) is 71.7 cm³/mol. The Kier molecular flexibility index (Phi) is 5.09. The zero-order valence-electron chi connectivity index (χ0n) is 11.9. The number of urea groups is 1. The van der Waals surface area contributed by atoms with Crippen molar-refractivity contribution < 1.29 is 19.4 Å². The first-order valence-electron chi connectivity index (χ1n) is 6.75. The van der Waals surface area contributed by atoms with Crippen LogP contribution in [-0.2, 0) is 23.0 Å². The van der Waals surface area contributed by atoms with Crippen molar-refractivity contribution in [1.82, 2.24) is 25.0 Å². The molecule has 1 atom stereocenters. The number of amides is 2. The molecule has 9 nitrogen and oxygen atoms in total. The highest BCUT2D eigenvalue weighted by atomic mass is 16.5. The summed E-state index contributed by atoms with van der Waals surface area (Å²) in [4.78, 5) is 24.5. The summed E-state index contributed by atoms with van der Waals surface area (Å²) < 4.78 is 7.02. The van der Waals surface area contributed by atoms with Gasteiger partial charge in [-0.05, 0) is 0 Å². The fourth-order valence-electron chi connectivity index (χ4n) is 2.21. The number of nitrogens with zero attached hydrogens (tertiary/aromatic N) is 4. The van der Waals surface area contributed by atoms with Crippen LogP contribution < -0.4 is 5.32 Å². The summed E-state index contributed by atoms with van der Waals surface area (Å²) in [5, 5.41) is 19.3. The zero-order valence-corrected chi connectivity index (χ0v) is 11.9. The second-order valence-electron chi connectivity index (χ2n) is 4.86. The summed E-state index contributed by atoms with van der Waals surface area (Å²) in [6.07, 6.45) is 2.05. The first kappa shape index (κ1) is 15.2. The van der Waals surface area contributed by atoms with E-state index in [-0.39, 0.29) is 19.1 Å². The van der Waals surface area contributed by atoms with Crippen LogP contribution in [-0.4, -0.2) is 69.1 Å². The van der Waals surface area contributed by atoms with Crippen molar-refractivity contribution in [2.24, 2.45) is 7.05 Å². The van der Waals surface area contributed by atoms with Gasteiger partial charge < -0.3 is 24.6 Å². The van der Waals surface area contributed by atoms with Gasteiger partial charge in [-0.15, -0.1) is 10.2 Å². The predicted octanol–water partition coefficient (Wildman–Crippen LogP) is -0.757. The SMILES string of the molecule is Cn1cnnc1CCNC(=O)N1CCOCC1CC(=O)O. The number of carboxylic acid groups (broad SMARTS) is 1. The number of ether oxygens (including phenoxy) is 1. The van der Waals surface area contributed by atoms with Crippen LogP contribution >= 0.6 is 0 Å². The minimum atomic E-state index is -0.942. The Morgan fingerprint density at radius 1 is 1.57 bits per heavy atom. The van der Waals surface area contributed by atoms with E-state index >= 15 is 0 Å². The molecule has 2 heterocycles. The molecule has 1 aliphatic heterocycles. The zero-order chi connectivity index (χ0) is 15.2. The second-order valence-corrected chi connectivity index (χ2v) is 4.86. The van der Waals surface area contributed by atoms with Gasteiger partial charge in [-0.2, -0.15) is 0 Å². The molecule has 1 aliphatic rings. The number of hydrogen-bond donors (Lipinski definition) is 2. The van der Waals surface area contributed by atoms with Gasteiger partial charge in [0.1, 0.15) is 12.2 Å². The maximum atomic E-state index is 12.1. The fraction of sp³-hybridized carbons (Fsp3) is 0.667. The van der Waals surface area contributed by atoms with Gasteiger partial charge in [0.15, 0.2) is 0 Å². The van der Waals surface area contributed by atoms with E-state index in [0.29, 0.717) is 26.1 Å². The molecule has 0 radical (unpaired) electrons. The third-order valence-corrected chi connectivity index (χ3v) is 3.33. The summed E-state index contributed by atoms with van der Waals surface area (Å²) in [5.41, 5.74) is 0. The van der Waals surface area contributed by atoms with E-state index in [1.54, 1.807) is 10.9 Å². The minimum Gasteiger partial charge on any atom is -0.481 e. The lowest BCUT2D eigenvalue weighted by Crippen LogP contribution is -2.53. The van der Waals surface area contributed by atoms with Crippen LogP contribution in [0.3, 0.4) is 0 Å². The van der Waals surface area contributed by atoms with Crippen LogP contribution in [0, 0.1) is 0 Å². The van der Waals surface area contributed by atoms with E-state index in [4.69, 9.17) is 9.84 Å². The summed E-state index contributed by atoms with van der Waals surface area (Å²) >= 11 is 0. The summed E-state index contributed by atoms with van der Waals surface area (Å²) in [6, 6.07) is -0.696. The molecule has 2 rings (SSSR count). The quantitative estimate of drug-likeness (QED) is 0.739. The molecule has 1 unspecified atom stereocenters. The van der Waals surface area contributed by atoms with Crippen molar-refractivity contribution in [1.29, 1.82) is 0 Å². The fourth-order valence-corrected chi connectivity index (χ4v) is 2.21. The lowest BCUT2D eigenvalue weighted by atomic mass is 10.1. The highest BCUT2D eigenvalue weighted by molar-refractivity contribution is 5.76. The standard InChI is InChI=1S/C12H19N5O4/c1-16-8-14-15-10(16)2-3-13-12(20)17-4-5-21-7-9(17)6-11(18)19/h8-9H,2-7H2,1H3,(H,13,20)(H,18,19). The third-order valence-electron chi connectivity index (χ3n) is 3.33. The molecule has 9 heteroatoms. The lowest BCUT2D eigenvalue weighted by molar-refractivity contribution is -0.139. The van der Waals surface area contributed by atoms with Crippen molar-refractivity contribution in [3.63, 3.8) is 0 Å². The number of nitrogens with one attached hydrogen (secondary N) is 1. The van der Waals surface area contributed by atoms with Gasteiger partial charge in [-0.1, -0.05) is 0 Å². The number of morpholine rings is 1. The Labute approximate surface area is 121 Å². The summed E-state index contributed by atoms with van der Waals surface area (Å²) in [5.74, 6) is -0.165. The Balaban J connectivity index is 1.83. The first-order chi connectivity index (χ1) is 10.1. The van der Waals surface area contributed by atoms with E-state index in [0.717, 1.165) is 5.82 Å². The van der Waals surface area contributed by atoms with Gasteiger partial charge in [0, 0.05) is 26.6 Å². The molecule has 2 amide bonds. The first-order valence-corrected chi connectivity index (χ1v) is 6.75. The van der Waals surface area contributed by atoms with Gasteiger partial charge in [0.2, 0.25) is 0 Å². The normalized spacial score (nSPS) is 18.5. The van der Waals surface area contributed by atoms with Gasteiger partial charge in [0.05, 0.1) is 25.7 Å². The third kappa shape index (κ3) is 4.15. The lowest BCUT2D eigenvalue weighted by Gasteiger charge is -2.34. The molecule has 2 N–H and O–H groups in total. The molecular formula is C12H19N5O4. The molecule has 1 saturated heterocycles. The monoisotopic (exact) mass is 297 g/mol. The molecule has 1 aromatic heterocycles. The number of carbonyl (C=O) groups is 2. The van der Waals surface area contributed by atoms with Gasteiger partial charge in [0.25, 0.3) is 0 Å². The maximum absolute atomic E-state index is 12.1. The van der Waals surface area contributed by atoms with Crippen LogP contribution in [0.4, 0.5) is 4.79 Å². The van der Waals surface area contributed by atoms with Crippen molar-refractivity contribution in [2.45, 2.75) is 18.9 Å². The van der Waals surface area contributed by atoms with E-state index in [2.05, 4.69) is 15.5 Å². The number of aromatic nitrogens is 3. The van der Waals surface area contributed by atoms with Crippen LogP contribution in [0.25, 0.3) is 0 Å². The highest BCUT2D eigenvalue weighted by Crippen LogP contribution is 2.10. The van der Waals surface area contributed by atoms with E-state index in [1.165, 1.54) is 4.90 Å². The molecule has 0 spiro atoms. The Bertz CT molecular complexity index is 504. The number of carbonyl (C=O) groups excluding carboxylic acids is 1. The van der Waals surface area contributed by atoms with Crippen LogP contribution in [0.1, 0.15) is 12.2 Å². The van der Waals surface area contributed by atoms with Crippen LogP contribution in [0.2, 0.25) is 0 Å². The van der Waals surface area contributed by atoms with Gasteiger partial charge >= 0.3 is 12.0 Å². The minimum absolute atomic E-state index is 0.114. The van der Waals surface area contributed by atoms with Crippen molar-refractivity contribution in [3.05, 3.63) is 12.2 Å². The van der Waals surface area contributed by atoms with E-state index < -0.39 is 12.0 Å². The maximum Gasteiger partial charge on any atom is 0.317 e. The molecule has 0 aromatic carbocycles. The molecule has 1 fully saturated rings. The van der Waals surface area contributed by atoms with Gasteiger partial charge in [-0.25, -0.2) is 4.79 Å². The topological polar surface area (TPSA) is 110 Å². The molecule has 116 valence electrons. The number of aryl methyl sites for hydroxylation is 1. The number of aliphatic carboxylic acids is 1. The number of carboxylic acids is 1. The molecule has 0 bridgehead atoms. The van der Waals surface area contributed by atoms with E-state index in [1.807, 2.05) is 7.05 Å². The summed E-state index contributed by atoms with van der Waals surface area (Å²) in [7, 11) is 1.84. The van der Waals surface area contributed by atoms with Crippen molar-refractivity contribution in [2.75, 3.05) is 26.3 Å². The van der Waals surface area contributed by atoms with Crippen LogP contribution in [0.15, 0.2) is 6.33 Å². The molecular weight excluding hydrogens is 278 g/mol. The van der Waals surface area contributed by atoms with E-state index in [9.17, 15) is 9.59 Å². The molecule has 21 heavy (non-hydrogen) atoms. The Morgan fingerprint density at radius 2 is 2.38 bits per heavy atom. The smallest absolute Gasteiger partial charge is 0.317 e. The largest absolute Gasteiger partial charge is 0.481 e. The van der Waals surface area contributed by atoms with Crippen molar-refractivity contribution >= 4 is 12.0 Å². The molecule has 1 aromatic rings. The molecule has 0 aliphatic carbocycles. The van der Waals surface area contributed by atoms with Crippen molar-refractivity contribution in [3.8, 4) is 0 Å². The average Bonchev–Trinajstić information content (AvgIpc) is 2.84. The Morgan fingerprint density at radius 3 is 3.05 bits per heavy atom. The Hall–Kier alpha value is -2.16. The second kappa shape index (κ2) is 7.02.